The van der Waals surface area contributed by atoms with Gasteiger partial charge in [-0.25, -0.2) is 0 Å². The van der Waals surface area contributed by atoms with Crippen molar-refractivity contribution in [1.29, 1.82) is 0 Å². The molecule has 2 rings (SSSR count). The SMILES string of the molecule is CC1(C)CCC(=Cc2ccc(Cl)c(Cl)c2)C1=O. The molecular weight excluding hydrogens is 255 g/mol. The van der Waals surface area contributed by atoms with Crippen molar-refractivity contribution in [2.24, 2.45) is 5.41 Å². The van der Waals surface area contributed by atoms with Crippen molar-refractivity contribution < 1.29 is 4.79 Å². The number of carbonyl (C=O) groups is 1. The Morgan fingerprint density at radius 1 is 1.24 bits per heavy atom. The van der Waals surface area contributed by atoms with E-state index in [1.165, 1.54) is 0 Å². The molecule has 1 aromatic rings. The van der Waals surface area contributed by atoms with Gasteiger partial charge in [0.2, 0.25) is 0 Å². The molecule has 3 heteroatoms. The first-order chi connectivity index (χ1) is 7.90. The standard InChI is InChI=1S/C14H14Cl2O/c1-14(2)6-5-10(13(14)17)7-9-3-4-11(15)12(16)8-9/h3-4,7-8H,5-6H2,1-2H3. The van der Waals surface area contributed by atoms with Gasteiger partial charge in [0.25, 0.3) is 0 Å². The van der Waals surface area contributed by atoms with Gasteiger partial charge in [-0.15, -0.1) is 0 Å². The zero-order chi connectivity index (χ0) is 12.6. The van der Waals surface area contributed by atoms with Crippen LogP contribution in [0.25, 0.3) is 6.08 Å². The topological polar surface area (TPSA) is 17.1 Å². The fourth-order valence-corrected chi connectivity index (χ4v) is 2.36. The predicted molar refractivity (Wildman–Crippen MR) is 72.5 cm³/mol. The zero-order valence-corrected chi connectivity index (χ0v) is 11.4. The Balaban J connectivity index is 2.32. The van der Waals surface area contributed by atoms with Gasteiger partial charge in [0.15, 0.2) is 5.78 Å². The second-order valence-electron chi connectivity index (χ2n) is 5.06. The lowest BCUT2D eigenvalue weighted by atomic mass is 9.90. The lowest BCUT2D eigenvalue weighted by molar-refractivity contribution is -0.121. The third kappa shape index (κ3) is 2.56. The Hall–Kier alpha value is -0.790. The van der Waals surface area contributed by atoms with Crippen molar-refractivity contribution in [1.82, 2.24) is 0 Å². The molecule has 1 aromatic carbocycles. The van der Waals surface area contributed by atoms with Crippen LogP contribution in [0.15, 0.2) is 23.8 Å². The van der Waals surface area contributed by atoms with E-state index in [4.69, 9.17) is 23.2 Å². The largest absolute Gasteiger partial charge is 0.294 e. The van der Waals surface area contributed by atoms with E-state index < -0.39 is 0 Å². The second kappa shape index (κ2) is 4.47. The molecule has 1 nitrogen and oxygen atoms in total. The molecule has 0 aliphatic heterocycles. The van der Waals surface area contributed by atoms with Crippen LogP contribution >= 0.6 is 23.2 Å². The third-order valence-corrected chi connectivity index (χ3v) is 3.95. The van der Waals surface area contributed by atoms with Crippen LogP contribution in [0.4, 0.5) is 0 Å². The molecule has 0 atom stereocenters. The molecule has 0 amide bonds. The van der Waals surface area contributed by atoms with Crippen LogP contribution in [0.5, 0.6) is 0 Å². The number of ketones is 1. The van der Waals surface area contributed by atoms with Crippen LogP contribution in [0, 0.1) is 5.41 Å². The smallest absolute Gasteiger partial charge is 0.164 e. The Bertz CT molecular complexity index is 501. The van der Waals surface area contributed by atoms with E-state index in [1.807, 2.05) is 26.0 Å². The van der Waals surface area contributed by atoms with E-state index in [9.17, 15) is 4.79 Å². The molecule has 0 unspecified atom stereocenters. The molecule has 1 saturated carbocycles. The normalized spacial score (nSPS) is 21.2. The van der Waals surface area contributed by atoms with Crippen molar-refractivity contribution in [2.75, 3.05) is 0 Å². The first kappa shape index (κ1) is 12.7. The van der Waals surface area contributed by atoms with Crippen molar-refractivity contribution in [3.63, 3.8) is 0 Å². The summed E-state index contributed by atoms with van der Waals surface area (Å²) in [6.07, 6.45) is 3.67. The van der Waals surface area contributed by atoms with E-state index in [2.05, 4.69) is 0 Å². The van der Waals surface area contributed by atoms with Gasteiger partial charge in [-0.2, -0.15) is 0 Å². The first-order valence-electron chi connectivity index (χ1n) is 5.60. The van der Waals surface area contributed by atoms with E-state index in [0.717, 1.165) is 24.0 Å². The highest BCUT2D eigenvalue weighted by molar-refractivity contribution is 6.42. The average Bonchev–Trinajstić information content (AvgIpc) is 2.51. The molecule has 1 fully saturated rings. The molecule has 1 aliphatic carbocycles. The monoisotopic (exact) mass is 268 g/mol. The Morgan fingerprint density at radius 3 is 2.47 bits per heavy atom. The molecule has 90 valence electrons. The highest BCUT2D eigenvalue weighted by Crippen LogP contribution is 2.38. The summed E-state index contributed by atoms with van der Waals surface area (Å²) in [4.78, 5) is 12.1. The summed E-state index contributed by atoms with van der Waals surface area (Å²) in [5.41, 5.74) is 1.59. The predicted octanol–water partition coefficient (Wildman–Crippen LogP) is 4.77. The molecular formula is C14H14Cl2O. The minimum atomic E-state index is -0.220. The van der Waals surface area contributed by atoms with Gasteiger partial charge in [-0.3, -0.25) is 4.79 Å². The number of carbonyl (C=O) groups excluding carboxylic acids is 1. The maximum Gasteiger partial charge on any atom is 0.164 e. The van der Waals surface area contributed by atoms with Crippen molar-refractivity contribution >= 4 is 35.1 Å². The second-order valence-corrected chi connectivity index (χ2v) is 5.87. The summed E-state index contributed by atoms with van der Waals surface area (Å²) >= 11 is 11.8. The number of Topliss-reactive ketones (excluding diaryl/α,β-unsaturated/α-hetero) is 1. The van der Waals surface area contributed by atoms with E-state index in [0.29, 0.717) is 10.0 Å². The van der Waals surface area contributed by atoms with Crippen molar-refractivity contribution in [3.05, 3.63) is 39.4 Å². The Morgan fingerprint density at radius 2 is 1.94 bits per heavy atom. The molecule has 0 radical (unpaired) electrons. The summed E-state index contributed by atoms with van der Waals surface area (Å²) in [7, 11) is 0. The van der Waals surface area contributed by atoms with Crippen LogP contribution in [0.3, 0.4) is 0 Å². The fraction of sp³-hybridized carbons (Fsp3) is 0.357. The average molecular weight is 269 g/mol. The van der Waals surface area contributed by atoms with Crippen LogP contribution in [0.2, 0.25) is 10.0 Å². The first-order valence-corrected chi connectivity index (χ1v) is 6.36. The highest BCUT2D eigenvalue weighted by atomic mass is 35.5. The molecule has 0 spiro atoms. The molecule has 1 aliphatic rings. The Labute approximate surface area is 111 Å². The lowest BCUT2D eigenvalue weighted by Gasteiger charge is -2.12. The summed E-state index contributed by atoms with van der Waals surface area (Å²) in [5, 5.41) is 1.05. The molecule has 0 saturated heterocycles. The highest BCUT2D eigenvalue weighted by Gasteiger charge is 2.36. The van der Waals surface area contributed by atoms with Crippen LogP contribution in [0.1, 0.15) is 32.3 Å². The van der Waals surface area contributed by atoms with Crippen molar-refractivity contribution in [3.8, 4) is 0 Å². The molecule has 0 N–H and O–H groups in total. The van der Waals surface area contributed by atoms with E-state index in [-0.39, 0.29) is 11.2 Å². The van der Waals surface area contributed by atoms with Gasteiger partial charge < -0.3 is 0 Å². The molecule has 17 heavy (non-hydrogen) atoms. The maximum absolute atomic E-state index is 12.1. The number of halogens is 2. The Kier molecular flexibility index (Phi) is 3.33. The number of rotatable bonds is 1. The van der Waals surface area contributed by atoms with Crippen LogP contribution in [-0.2, 0) is 4.79 Å². The minimum Gasteiger partial charge on any atom is -0.294 e. The van der Waals surface area contributed by atoms with Gasteiger partial charge in [0, 0.05) is 5.41 Å². The summed E-state index contributed by atoms with van der Waals surface area (Å²) in [5.74, 6) is 0.239. The molecule has 0 bridgehead atoms. The number of hydrogen-bond acceptors (Lipinski definition) is 1. The summed E-state index contributed by atoms with van der Waals surface area (Å²) < 4.78 is 0. The van der Waals surface area contributed by atoms with Crippen LogP contribution < -0.4 is 0 Å². The van der Waals surface area contributed by atoms with Crippen LogP contribution in [-0.4, -0.2) is 5.78 Å². The van der Waals surface area contributed by atoms with Gasteiger partial charge in [-0.05, 0) is 42.2 Å². The van der Waals surface area contributed by atoms with E-state index in [1.54, 1.807) is 12.1 Å². The zero-order valence-electron chi connectivity index (χ0n) is 9.89. The van der Waals surface area contributed by atoms with Gasteiger partial charge in [-0.1, -0.05) is 43.1 Å². The molecule has 0 aromatic heterocycles. The van der Waals surface area contributed by atoms with E-state index >= 15 is 0 Å². The molecule has 0 heterocycles. The van der Waals surface area contributed by atoms with Gasteiger partial charge >= 0.3 is 0 Å². The summed E-state index contributed by atoms with van der Waals surface area (Å²) in [6, 6.07) is 5.41. The number of allylic oxidation sites excluding steroid dienone is 1. The number of benzene rings is 1. The number of hydrogen-bond donors (Lipinski definition) is 0. The van der Waals surface area contributed by atoms with Gasteiger partial charge in [0.1, 0.15) is 0 Å². The minimum absolute atomic E-state index is 0.220. The quantitative estimate of drug-likeness (QED) is 0.671. The maximum atomic E-state index is 12.1. The van der Waals surface area contributed by atoms with Gasteiger partial charge in [0.05, 0.1) is 10.0 Å². The fourth-order valence-electron chi connectivity index (χ4n) is 2.05. The third-order valence-electron chi connectivity index (χ3n) is 3.21. The lowest BCUT2D eigenvalue weighted by Crippen LogP contribution is -2.17. The summed E-state index contributed by atoms with van der Waals surface area (Å²) in [6.45, 7) is 3.98. The van der Waals surface area contributed by atoms with Crippen molar-refractivity contribution in [2.45, 2.75) is 26.7 Å².